The number of carbonyl (C=O) groups excluding carboxylic acids is 1. The maximum absolute atomic E-state index is 11.7. The van der Waals surface area contributed by atoms with Crippen molar-refractivity contribution in [2.75, 3.05) is 14.1 Å². The number of amides is 1. The second-order valence-electron chi connectivity index (χ2n) is 4.04. The fourth-order valence-corrected chi connectivity index (χ4v) is 1.60. The van der Waals surface area contributed by atoms with Crippen molar-refractivity contribution in [3.05, 3.63) is 36.0 Å². The molecule has 0 aromatic carbocycles. The Bertz CT molecular complexity index is 544. The van der Waals surface area contributed by atoms with Crippen LogP contribution in [0.1, 0.15) is 23.2 Å². The normalized spacial score (nSPS) is 10.4. The third-order valence-electron chi connectivity index (χ3n) is 2.56. The van der Waals surface area contributed by atoms with Gasteiger partial charge in [0.15, 0.2) is 11.5 Å². The van der Waals surface area contributed by atoms with Crippen LogP contribution in [0.4, 0.5) is 0 Å². The van der Waals surface area contributed by atoms with E-state index >= 15 is 0 Å². The van der Waals surface area contributed by atoms with Gasteiger partial charge in [0.2, 0.25) is 0 Å². The van der Waals surface area contributed by atoms with Crippen molar-refractivity contribution in [2.45, 2.75) is 13.3 Å². The summed E-state index contributed by atoms with van der Waals surface area (Å²) in [5.41, 5.74) is 0.335. The van der Waals surface area contributed by atoms with Crippen LogP contribution in [0.25, 0.3) is 5.82 Å². The van der Waals surface area contributed by atoms with Crippen molar-refractivity contribution in [2.24, 2.45) is 0 Å². The van der Waals surface area contributed by atoms with E-state index in [0.29, 0.717) is 11.5 Å². The Morgan fingerprint density at radius 3 is 2.67 bits per heavy atom. The first-order chi connectivity index (χ1) is 8.63. The lowest BCUT2D eigenvalue weighted by molar-refractivity contribution is 0.0821. The van der Waals surface area contributed by atoms with E-state index in [0.717, 1.165) is 12.2 Å². The van der Waals surface area contributed by atoms with E-state index in [2.05, 4.69) is 15.2 Å². The van der Waals surface area contributed by atoms with Gasteiger partial charge in [0.1, 0.15) is 5.82 Å². The third-order valence-corrected chi connectivity index (χ3v) is 2.56. The highest BCUT2D eigenvalue weighted by molar-refractivity contribution is 5.91. The number of nitrogens with zero attached hydrogens (tertiary/aromatic N) is 5. The summed E-state index contributed by atoms with van der Waals surface area (Å²) in [6, 6.07) is 3.44. The van der Waals surface area contributed by atoms with Gasteiger partial charge in [-0.3, -0.25) is 9.36 Å². The fraction of sp³-hybridized carbons (Fsp3) is 0.333. The summed E-state index contributed by atoms with van der Waals surface area (Å²) in [6.45, 7) is 2.02. The lowest BCUT2D eigenvalue weighted by atomic mass is 10.3. The Kier molecular flexibility index (Phi) is 3.36. The van der Waals surface area contributed by atoms with Gasteiger partial charge in [-0.1, -0.05) is 6.92 Å². The van der Waals surface area contributed by atoms with Crippen LogP contribution in [0.2, 0.25) is 0 Å². The second-order valence-corrected chi connectivity index (χ2v) is 4.04. The lowest BCUT2D eigenvalue weighted by Gasteiger charge is -2.09. The van der Waals surface area contributed by atoms with Gasteiger partial charge < -0.3 is 4.90 Å². The maximum Gasteiger partial charge on any atom is 0.273 e. The monoisotopic (exact) mass is 245 g/mol. The molecule has 18 heavy (non-hydrogen) atoms. The van der Waals surface area contributed by atoms with Crippen LogP contribution in [0.5, 0.6) is 0 Å². The number of aryl methyl sites for hydroxylation is 1. The molecule has 0 atom stereocenters. The van der Waals surface area contributed by atoms with Gasteiger partial charge in [-0.05, 0) is 12.1 Å². The van der Waals surface area contributed by atoms with Crippen molar-refractivity contribution < 1.29 is 4.79 Å². The molecule has 0 radical (unpaired) electrons. The van der Waals surface area contributed by atoms with E-state index in [9.17, 15) is 4.79 Å². The molecule has 2 heterocycles. The Morgan fingerprint density at radius 2 is 2.11 bits per heavy atom. The summed E-state index contributed by atoms with van der Waals surface area (Å²) >= 11 is 0. The summed E-state index contributed by atoms with van der Waals surface area (Å²) in [7, 11) is 3.37. The Hall–Kier alpha value is -2.24. The summed E-state index contributed by atoms with van der Waals surface area (Å²) in [4.78, 5) is 17.4. The molecule has 0 saturated carbocycles. The minimum Gasteiger partial charge on any atom is -0.343 e. The van der Waals surface area contributed by atoms with Crippen LogP contribution in [0.15, 0.2) is 24.5 Å². The van der Waals surface area contributed by atoms with Crippen molar-refractivity contribution in [3.8, 4) is 5.82 Å². The highest BCUT2D eigenvalue weighted by Gasteiger charge is 2.11. The number of hydrogen-bond acceptors (Lipinski definition) is 4. The summed E-state index contributed by atoms with van der Waals surface area (Å²) in [6.07, 6.45) is 4.36. The SMILES string of the molecule is CCc1nccn1-c1ccc(C(=O)N(C)C)nn1. The molecular formula is C12H15N5O. The summed E-state index contributed by atoms with van der Waals surface area (Å²) < 4.78 is 1.86. The van der Waals surface area contributed by atoms with Crippen molar-refractivity contribution in [1.29, 1.82) is 0 Å². The summed E-state index contributed by atoms with van der Waals surface area (Å²) in [5, 5.41) is 8.00. The molecule has 1 amide bonds. The zero-order valence-electron chi connectivity index (χ0n) is 10.7. The molecule has 0 aliphatic carbocycles. The standard InChI is InChI=1S/C12H15N5O/c1-4-10-13-7-8-17(10)11-6-5-9(14-15-11)12(18)16(2)3/h5-8H,4H2,1-3H3. The van der Waals surface area contributed by atoms with Gasteiger partial charge in [-0.15, -0.1) is 10.2 Å². The van der Waals surface area contributed by atoms with Crippen molar-refractivity contribution >= 4 is 5.91 Å². The van der Waals surface area contributed by atoms with Gasteiger partial charge in [0, 0.05) is 32.9 Å². The molecule has 6 heteroatoms. The number of aromatic nitrogens is 4. The molecule has 0 saturated heterocycles. The van der Waals surface area contributed by atoms with Gasteiger partial charge >= 0.3 is 0 Å². The van der Waals surface area contributed by atoms with Gasteiger partial charge in [-0.25, -0.2) is 4.98 Å². The second kappa shape index (κ2) is 4.95. The zero-order chi connectivity index (χ0) is 13.1. The topological polar surface area (TPSA) is 63.9 Å². The molecule has 2 rings (SSSR count). The third kappa shape index (κ3) is 2.22. The molecule has 6 nitrogen and oxygen atoms in total. The zero-order valence-corrected chi connectivity index (χ0v) is 10.7. The van der Waals surface area contributed by atoms with E-state index in [-0.39, 0.29) is 5.91 Å². The number of hydrogen-bond donors (Lipinski definition) is 0. The van der Waals surface area contributed by atoms with Crippen LogP contribution >= 0.6 is 0 Å². The smallest absolute Gasteiger partial charge is 0.273 e. The molecule has 2 aromatic heterocycles. The van der Waals surface area contributed by atoms with Crippen LogP contribution in [-0.2, 0) is 6.42 Å². The van der Waals surface area contributed by atoms with E-state index in [4.69, 9.17) is 0 Å². The minimum atomic E-state index is -0.157. The predicted molar refractivity (Wildman–Crippen MR) is 66.5 cm³/mol. The van der Waals surface area contributed by atoms with Gasteiger partial charge in [0.05, 0.1) is 0 Å². The van der Waals surface area contributed by atoms with Gasteiger partial charge in [-0.2, -0.15) is 0 Å². The van der Waals surface area contributed by atoms with E-state index in [1.54, 1.807) is 32.4 Å². The number of rotatable bonds is 3. The average molecular weight is 245 g/mol. The van der Waals surface area contributed by atoms with Crippen LogP contribution in [0.3, 0.4) is 0 Å². The fourth-order valence-electron chi connectivity index (χ4n) is 1.60. The number of imidazole rings is 1. The molecule has 94 valence electrons. The minimum absolute atomic E-state index is 0.157. The average Bonchev–Trinajstić information content (AvgIpc) is 2.86. The molecule has 0 spiro atoms. The molecule has 0 aliphatic rings. The van der Waals surface area contributed by atoms with Gasteiger partial charge in [0.25, 0.3) is 5.91 Å². The molecule has 2 aromatic rings. The molecule has 0 aliphatic heterocycles. The first-order valence-corrected chi connectivity index (χ1v) is 5.71. The Labute approximate surface area is 105 Å². The molecular weight excluding hydrogens is 230 g/mol. The number of carbonyl (C=O) groups is 1. The largest absolute Gasteiger partial charge is 0.343 e. The van der Waals surface area contributed by atoms with E-state index < -0.39 is 0 Å². The van der Waals surface area contributed by atoms with Crippen molar-refractivity contribution in [3.63, 3.8) is 0 Å². The van der Waals surface area contributed by atoms with Crippen LogP contribution < -0.4 is 0 Å². The quantitative estimate of drug-likeness (QED) is 0.806. The van der Waals surface area contributed by atoms with Crippen molar-refractivity contribution in [1.82, 2.24) is 24.6 Å². The van der Waals surface area contributed by atoms with Crippen LogP contribution in [0, 0.1) is 0 Å². The molecule has 0 N–H and O–H groups in total. The predicted octanol–water partition coefficient (Wildman–Crippen LogP) is 0.926. The first-order valence-electron chi connectivity index (χ1n) is 5.71. The molecule has 0 fully saturated rings. The maximum atomic E-state index is 11.7. The lowest BCUT2D eigenvalue weighted by Crippen LogP contribution is -2.23. The Balaban J connectivity index is 2.31. The first kappa shape index (κ1) is 12.2. The van der Waals surface area contributed by atoms with Crippen LogP contribution in [-0.4, -0.2) is 44.7 Å². The van der Waals surface area contributed by atoms with E-state index in [1.165, 1.54) is 4.90 Å². The highest BCUT2D eigenvalue weighted by Crippen LogP contribution is 2.08. The Morgan fingerprint density at radius 1 is 1.33 bits per heavy atom. The highest BCUT2D eigenvalue weighted by atomic mass is 16.2. The molecule has 0 bridgehead atoms. The summed E-state index contributed by atoms with van der Waals surface area (Å²) in [5.74, 6) is 1.42. The van der Waals surface area contributed by atoms with E-state index in [1.807, 2.05) is 17.7 Å². The molecule has 0 unspecified atom stereocenters.